The summed E-state index contributed by atoms with van der Waals surface area (Å²) in [5.41, 5.74) is 2.43. The molecule has 1 unspecified atom stereocenters. The summed E-state index contributed by atoms with van der Waals surface area (Å²) in [6.07, 6.45) is 12.4. The zero-order valence-corrected chi connectivity index (χ0v) is 19.7. The molecule has 0 aliphatic heterocycles. The maximum atomic E-state index is 12.9. The van der Waals surface area contributed by atoms with Gasteiger partial charge in [0, 0.05) is 22.9 Å². The lowest BCUT2D eigenvalue weighted by molar-refractivity contribution is -0.117. The van der Waals surface area contributed by atoms with Gasteiger partial charge in [-0.2, -0.15) is 0 Å². The normalized spacial score (nSPS) is 18.7. The molecule has 0 spiro atoms. The predicted molar refractivity (Wildman–Crippen MR) is 135 cm³/mol. The Hall–Kier alpha value is -4.27. The van der Waals surface area contributed by atoms with E-state index in [2.05, 4.69) is 37.8 Å². The Morgan fingerprint density at radius 2 is 1.83 bits per heavy atom. The summed E-state index contributed by atoms with van der Waals surface area (Å²) in [4.78, 5) is 45.1. The van der Waals surface area contributed by atoms with Crippen LogP contribution in [-0.2, 0) is 9.59 Å². The van der Waals surface area contributed by atoms with Crippen LogP contribution in [0.5, 0.6) is 0 Å². The third-order valence-electron chi connectivity index (χ3n) is 5.77. The first-order chi connectivity index (χ1) is 16.7. The summed E-state index contributed by atoms with van der Waals surface area (Å²) in [5.74, 6) is -0.147. The fourth-order valence-corrected chi connectivity index (χ4v) is 3.68. The molecule has 35 heavy (non-hydrogen) atoms. The Labute approximate surface area is 203 Å². The van der Waals surface area contributed by atoms with Crippen LogP contribution < -0.4 is 21.3 Å². The summed E-state index contributed by atoms with van der Waals surface area (Å²) in [7, 11) is 0. The van der Waals surface area contributed by atoms with Crippen molar-refractivity contribution in [1.29, 1.82) is 0 Å². The molecule has 1 aromatic carbocycles. The molecule has 1 heterocycles. The van der Waals surface area contributed by atoms with E-state index in [4.69, 9.17) is 0 Å². The van der Waals surface area contributed by atoms with Crippen LogP contribution >= 0.6 is 0 Å². The first-order valence-corrected chi connectivity index (χ1v) is 11.4. The number of rotatable bonds is 8. The molecular formula is C26H28N6O3. The molecule has 0 bridgehead atoms. The van der Waals surface area contributed by atoms with E-state index in [1.807, 2.05) is 32.1 Å². The Balaban J connectivity index is 1.40. The summed E-state index contributed by atoms with van der Waals surface area (Å²) in [6, 6.07) is 5.27. The van der Waals surface area contributed by atoms with Gasteiger partial charge in [-0.3, -0.25) is 14.4 Å². The third-order valence-corrected chi connectivity index (χ3v) is 5.77. The number of hydrogen-bond acceptors (Lipinski definition) is 6. The molecule has 1 saturated carbocycles. The van der Waals surface area contributed by atoms with Gasteiger partial charge in [0.1, 0.15) is 0 Å². The number of anilines is 3. The van der Waals surface area contributed by atoms with Crippen molar-refractivity contribution >= 4 is 35.0 Å². The number of nitrogens with zero attached hydrogens (tertiary/aromatic N) is 2. The largest absolute Gasteiger partial charge is 0.345 e. The van der Waals surface area contributed by atoms with Gasteiger partial charge in [0.2, 0.25) is 17.8 Å². The molecule has 0 radical (unpaired) electrons. The second-order valence-corrected chi connectivity index (χ2v) is 8.98. The highest BCUT2D eigenvalue weighted by atomic mass is 16.2. The lowest BCUT2D eigenvalue weighted by Crippen LogP contribution is -2.36. The van der Waals surface area contributed by atoms with Crippen LogP contribution in [0.3, 0.4) is 0 Å². The highest BCUT2D eigenvalue weighted by molar-refractivity contribution is 6.06. The Bertz CT molecular complexity index is 1230. The van der Waals surface area contributed by atoms with E-state index in [9.17, 15) is 14.4 Å². The quantitative estimate of drug-likeness (QED) is 0.434. The van der Waals surface area contributed by atoms with E-state index in [1.54, 1.807) is 18.2 Å². The topological polar surface area (TPSA) is 125 Å². The van der Waals surface area contributed by atoms with Gasteiger partial charge >= 0.3 is 0 Å². The second kappa shape index (κ2) is 9.92. The number of allylic oxidation sites excluding steroid dienone is 1. The van der Waals surface area contributed by atoms with Gasteiger partial charge < -0.3 is 21.3 Å². The number of hydrogen-bond donors (Lipinski definition) is 4. The standard InChI is InChI=1S/C26H28N6O3/c1-4-22(33)29-19-6-5-11-26(3,13-19)32-25-27-14-20(15-28-25)31-24(35)21-12-18(10-7-16(21)2)30-23(34)17-8-9-17/h4-7,10,12-15,17H,1,8-9,11H2,2-3H3,(H,29,33)(H,30,34)(H,31,35)(H,27,28,32). The van der Waals surface area contributed by atoms with Crippen LogP contribution in [0.15, 0.2) is 67.2 Å². The molecule has 2 aliphatic rings. The maximum absolute atomic E-state index is 12.9. The monoisotopic (exact) mass is 472 g/mol. The minimum atomic E-state index is -0.508. The molecular weight excluding hydrogens is 444 g/mol. The van der Waals surface area contributed by atoms with Crippen LogP contribution in [0.2, 0.25) is 0 Å². The first-order valence-electron chi connectivity index (χ1n) is 11.4. The van der Waals surface area contributed by atoms with Gasteiger partial charge in [-0.05, 0) is 69.0 Å². The van der Waals surface area contributed by atoms with Crippen molar-refractivity contribution in [2.75, 3.05) is 16.0 Å². The highest BCUT2D eigenvalue weighted by Gasteiger charge is 2.29. The second-order valence-electron chi connectivity index (χ2n) is 8.98. The minimum absolute atomic E-state index is 0.0103. The van der Waals surface area contributed by atoms with E-state index in [1.165, 1.54) is 18.5 Å². The molecule has 4 rings (SSSR count). The van der Waals surface area contributed by atoms with Gasteiger partial charge in [-0.25, -0.2) is 9.97 Å². The molecule has 3 amide bonds. The summed E-state index contributed by atoms with van der Waals surface area (Å²) in [6.45, 7) is 7.26. The molecule has 2 aromatic rings. The SMILES string of the molecule is C=CC(=O)NC1=CC(C)(Nc2ncc(NC(=O)c3cc(NC(=O)C4CC4)ccc3C)cn2)CC=C1. The van der Waals surface area contributed by atoms with Crippen LogP contribution in [0.4, 0.5) is 17.3 Å². The zero-order valence-electron chi connectivity index (χ0n) is 19.7. The molecule has 0 saturated heterocycles. The number of carbonyl (C=O) groups excluding carboxylic acids is 3. The number of carbonyl (C=O) groups is 3. The molecule has 4 N–H and O–H groups in total. The van der Waals surface area contributed by atoms with E-state index < -0.39 is 5.54 Å². The summed E-state index contributed by atoms with van der Waals surface area (Å²) in [5, 5.41) is 11.7. The van der Waals surface area contributed by atoms with Gasteiger partial charge in [0.25, 0.3) is 5.91 Å². The molecule has 2 aliphatic carbocycles. The van der Waals surface area contributed by atoms with Crippen LogP contribution in [0, 0.1) is 12.8 Å². The van der Waals surface area contributed by atoms with Gasteiger partial charge in [0.15, 0.2) is 0 Å². The smallest absolute Gasteiger partial charge is 0.256 e. The molecule has 1 atom stereocenters. The Morgan fingerprint density at radius 1 is 1.09 bits per heavy atom. The maximum Gasteiger partial charge on any atom is 0.256 e. The van der Waals surface area contributed by atoms with Crippen molar-refractivity contribution in [3.63, 3.8) is 0 Å². The number of benzene rings is 1. The van der Waals surface area contributed by atoms with Crippen molar-refractivity contribution in [2.24, 2.45) is 5.92 Å². The lowest BCUT2D eigenvalue weighted by Gasteiger charge is -2.29. The zero-order chi connectivity index (χ0) is 25.0. The predicted octanol–water partition coefficient (Wildman–Crippen LogP) is 3.70. The molecule has 9 nitrogen and oxygen atoms in total. The van der Waals surface area contributed by atoms with Crippen LogP contribution in [0.1, 0.15) is 42.1 Å². The average molecular weight is 473 g/mol. The van der Waals surface area contributed by atoms with Crippen molar-refractivity contribution in [1.82, 2.24) is 15.3 Å². The van der Waals surface area contributed by atoms with Crippen molar-refractivity contribution in [2.45, 2.75) is 38.6 Å². The highest BCUT2D eigenvalue weighted by Crippen LogP contribution is 2.30. The summed E-state index contributed by atoms with van der Waals surface area (Å²) >= 11 is 0. The van der Waals surface area contributed by atoms with Crippen molar-refractivity contribution in [3.05, 3.63) is 78.3 Å². The Kier molecular flexibility index (Phi) is 6.77. The van der Waals surface area contributed by atoms with Crippen molar-refractivity contribution in [3.8, 4) is 0 Å². The third kappa shape index (κ3) is 6.20. The average Bonchev–Trinajstić information content (AvgIpc) is 3.67. The van der Waals surface area contributed by atoms with Gasteiger partial charge in [-0.15, -0.1) is 0 Å². The fourth-order valence-electron chi connectivity index (χ4n) is 3.68. The molecule has 180 valence electrons. The molecule has 9 heteroatoms. The van der Waals surface area contributed by atoms with Gasteiger partial charge in [0.05, 0.1) is 23.6 Å². The van der Waals surface area contributed by atoms with E-state index in [-0.39, 0.29) is 23.6 Å². The number of aryl methyl sites for hydroxylation is 1. The van der Waals surface area contributed by atoms with E-state index >= 15 is 0 Å². The fraction of sp³-hybridized carbons (Fsp3) is 0.269. The molecule has 1 fully saturated rings. The van der Waals surface area contributed by atoms with Crippen LogP contribution in [-0.4, -0.2) is 33.2 Å². The lowest BCUT2D eigenvalue weighted by atomic mass is 9.92. The van der Waals surface area contributed by atoms with Crippen LogP contribution in [0.25, 0.3) is 0 Å². The van der Waals surface area contributed by atoms with Crippen molar-refractivity contribution < 1.29 is 14.4 Å². The summed E-state index contributed by atoms with van der Waals surface area (Å²) < 4.78 is 0. The number of nitrogens with one attached hydrogen (secondary N) is 4. The van der Waals surface area contributed by atoms with E-state index in [0.717, 1.165) is 18.4 Å². The number of aromatic nitrogens is 2. The minimum Gasteiger partial charge on any atom is -0.345 e. The molecule has 1 aromatic heterocycles. The van der Waals surface area contributed by atoms with E-state index in [0.29, 0.717) is 35.0 Å². The Morgan fingerprint density at radius 3 is 2.51 bits per heavy atom. The first kappa shape index (κ1) is 23.9. The number of amides is 3. The van der Waals surface area contributed by atoms with Gasteiger partial charge in [-0.1, -0.05) is 18.7 Å².